The van der Waals surface area contributed by atoms with E-state index in [1.54, 1.807) is 18.2 Å². The highest BCUT2D eigenvalue weighted by molar-refractivity contribution is 7.89. The van der Waals surface area contributed by atoms with Crippen LogP contribution in [0.2, 0.25) is 0 Å². The second-order valence-corrected chi connectivity index (χ2v) is 9.29. The van der Waals surface area contributed by atoms with Crippen molar-refractivity contribution in [1.82, 2.24) is 15.0 Å². The molecule has 1 heterocycles. The smallest absolute Gasteiger partial charge is 0.300 e. The monoisotopic (exact) mass is 470 g/mol. The Morgan fingerprint density at radius 2 is 1.73 bits per heavy atom. The number of non-ortho nitro benzene ring substituents is 1. The van der Waals surface area contributed by atoms with Crippen molar-refractivity contribution >= 4 is 48.9 Å². The minimum absolute atomic E-state index is 0.0544. The first-order valence-corrected chi connectivity index (χ1v) is 11.6. The van der Waals surface area contributed by atoms with Gasteiger partial charge in [0.05, 0.1) is 15.5 Å². The summed E-state index contributed by atoms with van der Waals surface area (Å²) in [4.78, 5) is 12.7. The fourth-order valence-corrected chi connectivity index (χ4v) is 4.92. The largest absolute Gasteiger partial charge is 0.383 e. The van der Waals surface area contributed by atoms with E-state index in [9.17, 15) is 18.5 Å². The normalized spacial score (nSPS) is 11.7. The summed E-state index contributed by atoms with van der Waals surface area (Å²) in [5, 5.41) is 23.0. The summed E-state index contributed by atoms with van der Waals surface area (Å²) in [6.07, 6.45) is 0.469. The molecule has 0 saturated carbocycles. The van der Waals surface area contributed by atoms with Crippen molar-refractivity contribution in [2.24, 2.45) is 0 Å². The number of nitro benzene ring substituents is 1. The molecule has 0 aliphatic rings. The first-order valence-electron chi connectivity index (χ1n) is 10.1. The maximum absolute atomic E-state index is 13.0. The molecule has 0 aliphatic carbocycles. The van der Waals surface area contributed by atoms with Crippen LogP contribution in [0.5, 0.6) is 0 Å². The molecule has 0 unspecified atom stereocenters. The Morgan fingerprint density at radius 3 is 2.48 bits per heavy atom. The third-order valence-corrected chi connectivity index (χ3v) is 6.70. The van der Waals surface area contributed by atoms with Gasteiger partial charge in [-0.25, -0.2) is 17.8 Å². The number of aromatic nitrogens is 2. The lowest BCUT2D eigenvalue weighted by atomic mass is 10.1. The molecule has 2 N–H and O–H groups in total. The third-order valence-electron chi connectivity index (χ3n) is 5.18. The van der Waals surface area contributed by atoms with Gasteiger partial charge < -0.3 is 10.2 Å². The zero-order valence-corrected chi connectivity index (χ0v) is 18.8. The number of hydrogen-bond acceptors (Lipinski definition) is 9. The van der Waals surface area contributed by atoms with E-state index in [0.29, 0.717) is 24.0 Å². The van der Waals surface area contributed by atoms with Crippen molar-refractivity contribution < 1.29 is 18.0 Å². The van der Waals surface area contributed by atoms with Crippen LogP contribution in [0.15, 0.2) is 58.1 Å². The molecular formula is C21H22N6O5S. The number of benzene rings is 3. The highest BCUT2D eigenvalue weighted by Gasteiger charge is 2.20. The Morgan fingerprint density at radius 1 is 1.00 bits per heavy atom. The molecule has 0 fully saturated rings. The van der Waals surface area contributed by atoms with Crippen molar-refractivity contribution in [2.75, 3.05) is 37.4 Å². The number of nitrogens with zero attached hydrogens (tertiary/aromatic N) is 4. The van der Waals surface area contributed by atoms with Crippen LogP contribution in [-0.2, 0) is 10.0 Å². The molecule has 0 atom stereocenters. The maximum atomic E-state index is 13.0. The number of fused-ring (bicyclic) bond motifs is 2. The topological polar surface area (TPSA) is 144 Å². The molecule has 33 heavy (non-hydrogen) atoms. The molecular weight excluding hydrogens is 448 g/mol. The standard InChI is InChI=1S/C21H22N6O5S/c1-26(2)17-8-3-7-15-14(17)6-4-9-19(15)33(30,31)23-13-5-12-22-16-10-11-18(27(28)29)21-20(16)24-32-25-21/h3-4,6-11,22-23H,5,12-13H2,1-2H3. The zero-order valence-electron chi connectivity index (χ0n) is 18.0. The summed E-state index contributed by atoms with van der Waals surface area (Å²) in [5.41, 5.74) is 1.56. The Labute approximate surface area is 189 Å². The fraction of sp³-hybridized carbons (Fsp3) is 0.238. The summed E-state index contributed by atoms with van der Waals surface area (Å²) in [7, 11) is 0.0995. The van der Waals surface area contributed by atoms with Crippen LogP contribution in [-0.4, -0.2) is 50.8 Å². The molecule has 0 saturated heterocycles. The lowest BCUT2D eigenvalue weighted by Crippen LogP contribution is -2.26. The fourth-order valence-electron chi connectivity index (χ4n) is 3.63. The Hall–Kier alpha value is -3.77. The quantitative estimate of drug-likeness (QED) is 0.214. The lowest BCUT2D eigenvalue weighted by molar-refractivity contribution is -0.383. The van der Waals surface area contributed by atoms with E-state index < -0.39 is 14.9 Å². The van der Waals surface area contributed by atoms with E-state index in [4.69, 9.17) is 0 Å². The summed E-state index contributed by atoms with van der Waals surface area (Å²) in [6.45, 7) is 0.606. The van der Waals surface area contributed by atoms with Crippen LogP contribution in [0.25, 0.3) is 21.8 Å². The van der Waals surface area contributed by atoms with Crippen molar-refractivity contribution in [3.63, 3.8) is 0 Å². The molecule has 3 aromatic carbocycles. The van der Waals surface area contributed by atoms with Gasteiger partial charge in [0.2, 0.25) is 15.5 Å². The number of anilines is 2. The molecule has 0 radical (unpaired) electrons. The Kier molecular flexibility index (Phi) is 6.11. The van der Waals surface area contributed by atoms with Crippen LogP contribution in [0.1, 0.15) is 6.42 Å². The first-order chi connectivity index (χ1) is 15.8. The molecule has 0 amide bonds. The molecule has 12 heteroatoms. The van der Waals surface area contributed by atoms with E-state index in [2.05, 4.69) is 25.0 Å². The van der Waals surface area contributed by atoms with Gasteiger partial charge in [0.1, 0.15) is 0 Å². The van der Waals surface area contributed by atoms with E-state index in [1.165, 1.54) is 12.1 Å². The predicted molar refractivity (Wildman–Crippen MR) is 125 cm³/mol. The van der Waals surface area contributed by atoms with Crippen LogP contribution in [0.3, 0.4) is 0 Å². The third kappa shape index (κ3) is 4.43. The second kappa shape index (κ2) is 9.00. The van der Waals surface area contributed by atoms with Crippen LogP contribution < -0.4 is 14.9 Å². The summed E-state index contributed by atoms with van der Waals surface area (Å²) in [5.74, 6) is 0. The number of rotatable bonds is 9. The zero-order chi connectivity index (χ0) is 23.6. The highest BCUT2D eigenvalue weighted by atomic mass is 32.2. The van der Waals surface area contributed by atoms with Gasteiger partial charge in [0.15, 0.2) is 5.52 Å². The first kappa shape index (κ1) is 22.4. The van der Waals surface area contributed by atoms with Crippen LogP contribution in [0.4, 0.5) is 17.1 Å². The minimum atomic E-state index is -3.72. The van der Waals surface area contributed by atoms with Crippen molar-refractivity contribution in [3.8, 4) is 0 Å². The van der Waals surface area contributed by atoms with Crippen molar-refractivity contribution in [2.45, 2.75) is 11.3 Å². The number of hydrogen-bond donors (Lipinski definition) is 2. The van der Waals surface area contributed by atoms with E-state index in [-0.39, 0.29) is 28.2 Å². The van der Waals surface area contributed by atoms with Gasteiger partial charge in [0.25, 0.3) is 0 Å². The second-order valence-electron chi connectivity index (χ2n) is 7.55. The van der Waals surface area contributed by atoms with Gasteiger partial charge in [-0.2, -0.15) is 0 Å². The van der Waals surface area contributed by atoms with Gasteiger partial charge in [-0.3, -0.25) is 10.1 Å². The van der Waals surface area contributed by atoms with E-state index in [0.717, 1.165) is 11.1 Å². The average Bonchev–Trinajstić information content (AvgIpc) is 3.27. The van der Waals surface area contributed by atoms with Gasteiger partial charge in [0, 0.05) is 49.7 Å². The molecule has 0 aliphatic heterocycles. The maximum Gasteiger partial charge on any atom is 0.300 e. The molecule has 172 valence electrons. The molecule has 4 rings (SSSR count). The van der Waals surface area contributed by atoms with Crippen LogP contribution >= 0.6 is 0 Å². The highest BCUT2D eigenvalue weighted by Crippen LogP contribution is 2.30. The molecule has 0 bridgehead atoms. The van der Waals surface area contributed by atoms with Gasteiger partial charge in [-0.05, 0) is 34.9 Å². The van der Waals surface area contributed by atoms with E-state index in [1.807, 2.05) is 37.2 Å². The average molecular weight is 471 g/mol. The number of sulfonamides is 1. The molecule has 11 nitrogen and oxygen atoms in total. The lowest BCUT2D eigenvalue weighted by Gasteiger charge is -2.17. The van der Waals surface area contributed by atoms with Crippen molar-refractivity contribution in [1.29, 1.82) is 0 Å². The van der Waals surface area contributed by atoms with Crippen LogP contribution in [0, 0.1) is 10.1 Å². The van der Waals surface area contributed by atoms with Gasteiger partial charge in [-0.15, -0.1) is 0 Å². The summed E-state index contributed by atoms with van der Waals surface area (Å²) >= 11 is 0. The Bertz CT molecular complexity index is 1430. The molecule has 4 aromatic rings. The van der Waals surface area contributed by atoms with Gasteiger partial charge >= 0.3 is 5.69 Å². The van der Waals surface area contributed by atoms with Gasteiger partial charge in [-0.1, -0.05) is 24.3 Å². The molecule has 0 spiro atoms. The number of nitrogens with one attached hydrogen (secondary N) is 2. The van der Waals surface area contributed by atoms with E-state index >= 15 is 0 Å². The minimum Gasteiger partial charge on any atom is -0.383 e. The molecule has 1 aromatic heterocycles. The SMILES string of the molecule is CN(C)c1cccc2c(S(=O)(=O)NCCCNc3ccc([N+](=O)[O-])c4nonc34)cccc12. The summed E-state index contributed by atoms with van der Waals surface area (Å²) < 4.78 is 33.2. The van der Waals surface area contributed by atoms with Crippen molar-refractivity contribution in [3.05, 3.63) is 58.6 Å². The predicted octanol–water partition coefficient (Wildman–Crippen LogP) is 3.13. The summed E-state index contributed by atoms with van der Waals surface area (Å²) in [6, 6.07) is 13.6. The number of nitro groups is 1. The Balaban J connectivity index is 1.42.